The van der Waals surface area contributed by atoms with Gasteiger partial charge in [-0.15, -0.1) is 11.3 Å². The minimum atomic E-state index is -0.0740. The smallest absolute Gasteiger partial charge is 0.227 e. The van der Waals surface area contributed by atoms with Crippen molar-refractivity contribution in [3.8, 4) is 0 Å². The molecular formula is C13H18N2O2S. The van der Waals surface area contributed by atoms with Crippen LogP contribution in [0.5, 0.6) is 0 Å². The van der Waals surface area contributed by atoms with Gasteiger partial charge in [-0.1, -0.05) is 6.07 Å². The number of hydrogen-bond acceptors (Lipinski definition) is 3. The fraction of sp³-hybridized carbons (Fsp3) is 0.538. The Morgan fingerprint density at radius 3 is 2.94 bits per heavy atom. The first-order valence-electron chi connectivity index (χ1n) is 6.16. The summed E-state index contributed by atoms with van der Waals surface area (Å²) in [6.45, 7) is 2.50. The Bertz CT molecular complexity index is 420. The third-order valence-corrected chi connectivity index (χ3v) is 4.54. The van der Waals surface area contributed by atoms with Crippen LogP contribution in [-0.2, 0) is 9.59 Å². The maximum Gasteiger partial charge on any atom is 0.227 e. The van der Waals surface area contributed by atoms with Crippen LogP contribution in [0.25, 0.3) is 0 Å². The van der Waals surface area contributed by atoms with E-state index >= 15 is 0 Å². The minimum Gasteiger partial charge on any atom is -0.355 e. The highest BCUT2D eigenvalue weighted by Gasteiger charge is 2.29. The van der Waals surface area contributed by atoms with E-state index in [1.807, 2.05) is 31.5 Å². The van der Waals surface area contributed by atoms with Crippen molar-refractivity contribution in [1.82, 2.24) is 10.2 Å². The highest BCUT2D eigenvalue weighted by molar-refractivity contribution is 7.10. The zero-order chi connectivity index (χ0) is 13.1. The second kappa shape index (κ2) is 5.52. The van der Waals surface area contributed by atoms with Gasteiger partial charge in [0, 0.05) is 24.9 Å². The second-order valence-corrected chi connectivity index (χ2v) is 5.66. The Hall–Kier alpha value is -1.36. The van der Waals surface area contributed by atoms with Gasteiger partial charge >= 0.3 is 0 Å². The molecular weight excluding hydrogens is 248 g/mol. The third kappa shape index (κ3) is 2.72. The number of carbonyl (C=O) groups excluding carboxylic acids is 2. The highest BCUT2D eigenvalue weighted by Crippen LogP contribution is 2.25. The van der Waals surface area contributed by atoms with E-state index < -0.39 is 0 Å². The standard InChI is InChI=1S/C13H18N2O2S/c1-9(11-4-3-7-18-11)15(2)13(17)10-5-6-12(16)14-8-10/h3-4,7,9-10H,5-6,8H2,1-2H3,(H,14,16). The number of rotatable bonds is 3. The molecule has 1 saturated heterocycles. The molecule has 1 aliphatic rings. The molecule has 2 amide bonds. The molecule has 1 aromatic rings. The average Bonchev–Trinajstić information content (AvgIpc) is 2.91. The van der Waals surface area contributed by atoms with E-state index in [0.29, 0.717) is 19.4 Å². The molecule has 2 heterocycles. The lowest BCUT2D eigenvalue weighted by Gasteiger charge is -2.30. The first-order chi connectivity index (χ1) is 8.59. The largest absolute Gasteiger partial charge is 0.355 e. The van der Waals surface area contributed by atoms with Gasteiger partial charge in [0.05, 0.1) is 12.0 Å². The molecule has 98 valence electrons. The van der Waals surface area contributed by atoms with Crippen molar-refractivity contribution < 1.29 is 9.59 Å². The topological polar surface area (TPSA) is 49.4 Å². The number of nitrogens with one attached hydrogen (secondary N) is 1. The van der Waals surface area contributed by atoms with Gasteiger partial charge in [-0.3, -0.25) is 9.59 Å². The summed E-state index contributed by atoms with van der Waals surface area (Å²) in [7, 11) is 1.84. The van der Waals surface area contributed by atoms with Gasteiger partial charge < -0.3 is 10.2 Å². The Labute approximate surface area is 111 Å². The SMILES string of the molecule is CC(c1cccs1)N(C)C(=O)C1CCC(=O)NC1. The first kappa shape index (κ1) is 13.1. The summed E-state index contributed by atoms with van der Waals surface area (Å²) in [5.74, 6) is 0.0963. The van der Waals surface area contributed by atoms with Crippen LogP contribution in [0.4, 0.5) is 0 Å². The molecule has 0 radical (unpaired) electrons. The molecule has 0 aromatic carbocycles. The van der Waals surface area contributed by atoms with Gasteiger partial charge in [-0.2, -0.15) is 0 Å². The molecule has 0 bridgehead atoms. The van der Waals surface area contributed by atoms with Crippen molar-refractivity contribution in [1.29, 1.82) is 0 Å². The Morgan fingerprint density at radius 1 is 1.61 bits per heavy atom. The molecule has 0 aliphatic carbocycles. The van der Waals surface area contributed by atoms with Crippen molar-refractivity contribution >= 4 is 23.2 Å². The van der Waals surface area contributed by atoms with Crippen LogP contribution >= 0.6 is 11.3 Å². The summed E-state index contributed by atoms with van der Waals surface area (Å²) in [5, 5.41) is 4.78. The maximum atomic E-state index is 12.3. The van der Waals surface area contributed by atoms with Crippen molar-refractivity contribution in [3.05, 3.63) is 22.4 Å². The van der Waals surface area contributed by atoms with Crippen molar-refractivity contribution in [3.63, 3.8) is 0 Å². The molecule has 2 atom stereocenters. The number of thiophene rings is 1. The van der Waals surface area contributed by atoms with Gasteiger partial charge in [0.1, 0.15) is 0 Å². The second-order valence-electron chi connectivity index (χ2n) is 4.68. The summed E-state index contributed by atoms with van der Waals surface area (Å²) in [5.41, 5.74) is 0. The van der Waals surface area contributed by atoms with E-state index in [1.165, 1.54) is 4.88 Å². The van der Waals surface area contributed by atoms with Crippen LogP contribution in [0.2, 0.25) is 0 Å². The monoisotopic (exact) mass is 266 g/mol. The predicted molar refractivity (Wildman–Crippen MR) is 71.2 cm³/mol. The summed E-state index contributed by atoms with van der Waals surface area (Å²) >= 11 is 1.66. The Balaban J connectivity index is 1.98. The van der Waals surface area contributed by atoms with Crippen molar-refractivity contribution in [2.75, 3.05) is 13.6 Å². The number of piperidine rings is 1. The van der Waals surface area contributed by atoms with E-state index in [-0.39, 0.29) is 23.8 Å². The number of nitrogens with zero attached hydrogens (tertiary/aromatic N) is 1. The molecule has 18 heavy (non-hydrogen) atoms. The molecule has 5 heteroatoms. The lowest BCUT2D eigenvalue weighted by molar-refractivity contribution is -0.138. The lowest BCUT2D eigenvalue weighted by Crippen LogP contribution is -2.44. The van der Waals surface area contributed by atoms with E-state index in [1.54, 1.807) is 16.2 Å². The van der Waals surface area contributed by atoms with Crippen LogP contribution in [0, 0.1) is 5.92 Å². The fourth-order valence-electron chi connectivity index (χ4n) is 2.14. The van der Waals surface area contributed by atoms with Crippen LogP contribution in [0.1, 0.15) is 30.7 Å². The Kier molecular flexibility index (Phi) is 4.01. The Morgan fingerprint density at radius 2 is 2.39 bits per heavy atom. The number of hydrogen-bond donors (Lipinski definition) is 1. The molecule has 1 fully saturated rings. The minimum absolute atomic E-state index is 0.0491. The van der Waals surface area contributed by atoms with Gasteiger partial charge in [-0.05, 0) is 24.8 Å². The fourth-order valence-corrected chi connectivity index (χ4v) is 2.97. The van der Waals surface area contributed by atoms with Gasteiger partial charge in [0.2, 0.25) is 11.8 Å². The lowest BCUT2D eigenvalue weighted by atomic mass is 9.97. The predicted octanol–water partition coefficient (Wildman–Crippen LogP) is 1.79. The number of amides is 2. The van der Waals surface area contributed by atoms with Crippen LogP contribution in [0.3, 0.4) is 0 Å². The van der Waals surface area contributed by atoms with Crippen molar-refractivity contribution in [2.45, 2.75) is 25.8 Å². The molecule has 1 aliphatic heterocycles. The molecule has 0 saturated carbocycles. The molecule has 4 nitrogen and oxygen atoms in total. The van der Waals surface area contributed by atoms with Crippen LogP contribution < -0.4 is 5.32 Å². The maximum absolute atomic E-state index is 12.3. The quantitative estimate of drug-likeness (QED) is 0.907. The molecule has 2 rings (SSSR count). The zero-order valence-electron chi connectivity index (χ0n) is 10.7. The summed E-state index contributed by atoms with van der Waals surface area (Å²) in [4.78, 5) is 26.4. The average molecular weight is 266 g/mol. The number of carbonyl (C=O) groups is 2. The van der Waals surface area contributed by atoms with Crippen LogP contribution in [-0.4, -0.2) is 30.3 Å². The molecule has 1 aromatic heterocycles. The first-order valence-corrected chi connectivity index (χ1v) is 7.04. The van der Waals surface area contributed by atoms with E-state index in [4.69, 9.17) is 0 Å². The molecule has 1 N–H and O–H groups in total. The zero-order valence-corrected chi connectivity index (χ0v) is 11.5. The van der Waals surface area contributed by atoms with E-state index in [0.717, 1.165) is 0 Å². The normalized spacial score (nSPS) is 21.2. The highest BCUT2D eigenvalue weighted by atomic mass is 32.1. The summed E-state index contributed by atoms with van der Waals surface area (Å²) in [6.07, 6.45) is 1.11. The van der Waals surface area contributed by atoms with Crippen LogP contribution in [0.15, 0.2) is 17.5 Å². The van der Waals surface area contributed by atoms with E-state index in [2.05, 4.69) is 5.32 Å². The summed E-state index contributed by atoms with van der Waals surface area (Å²) in [6, 6.07) is 4.13. The summed E-state index contributed by atoms with van der Waals surface area (Å²) < 4.78 is 0. The molecule has 2 unspecified atom stereocenters. The van der Waals surface area contributed by atoms with E-state index in [9.17, 15) is 9.59 Å². The van der Waals surface area contributed by atoms with Gasteiger partial charge in [-0.25, -0.2) is 0 Å². The van der Waals surface area contributed by atoms with Gasteiger partial charge in [0.25, 0.3) is 0 Å². The van der Waals surface area contributed by atoms with Crippen molar-refractivity contribution in [2.24, 2.45) is 5.92 Å². The van der Waals surface area contributed by atoms with Gasteiger partial charge in [0.15, 0.2) is 0 Å². The molecule has 0 spiro atoms. The third-order valence-electron chi connectivity index (χ3n) is 3.50.